The largest absolute Gasteiger partial charge is 0.465 e. The van der Waals surface area contributed by atoms with Gasteiger partial charge in [0, 0.05) is 23.7 Å². The minimum absolute atomic E-state index is 0.0300. The zero-order valence-corrected chi connectivity index (χ0v) is 29.0. The predicted molar refractivity (Wildman–Crippen MR) is 186 cm³/mol. The van der Waals surface area contributed by atoms with E-state index in [0.29, 0.717) is 19.4 Å². The van der Waals surface area contributed by atoms with Gasteiger partial charge in [-0.05, 0) is 54.4 Å². The Morgan fingerprint density at radius 2 is 1.66 bits per heavy atom. The summed E-state index contributed by atoms with van der Waals surface area (Å²) in [4.78, 5) is 44.9. The Bertz CT molecular complexity index is 1570. The molecular weight excluding hydrogens is 640 g/mol. The van der Waals surface area contributed by atoms with Crippen molar-refractivity contribution in [2.24, 2.45) is 11.3 Å². The number of hydrogen-bond acceptors (Lipinski definition) is 8. The van der Waals surface area contributed by atoms with Crippen LogP contribution >= 0.6 is 0 Å². The van der Waals surface area contributed by atoms with Crippen molar-refractivity contribution in [1.29, 1.82) is 0 Å². The monoisotopic (exact) mass is 688 g/mol. The number of aliphatic hydroxyl groups excluding tert-OH is 1. The molecule has 2 aliphatic rings. The number of carbonyl (C=O) groups is 3. The van der Waals surface area contributed by atoms with Gasteiger partial charge in [-0.25, -0.2) is 9.59 Å². The standard InChI is InChI=1S/C38H48N4O8/c1-38(2,3)33(41-36(45)48-4)34(44)40-27(20-25-13-15-26(16-14-25)29-12-8-9-18-39-29)22-32(43)30(21-24-10-6-5-7-11-24)42(37(46)47)31-23-50-35-28(31)17-19-49-35/h5-16,18,27-28,30-33,35,43H,17,19-23H2,1-4H3,(H,40,44)(H,41,45)(H,46,47)/t27-,28-,30-,31-,32-,33+,35+/m0/s1. The van der Waals surface area contributed by atoms with Gasteiger partial charge in [-0.3, -0.25) is 14.7 Å². The van der Waals surface area contributed by atoms with E-state index in [1.54, 1.807) is 6.20 Å². The summed E-state index contributed by atoms with van der Waals surface area (Å²) < 4.78 is 16.3. The molecule has 0 bridgehead atoms. The molecule has 2 aliphatic heterocycles. The second-order valence-corrected chi connectivity index (χ2v) is 14.1. The summed E-state index contributed by atoms with van der Waals surface area (Å²) in [5, 5.41) is 28.5. The SMILES string of the molecule is COC(=O)N[C@H](C(=O)N[C@@H](Cc1ccc(-c2ccccn2)cc1)C[C@H](O)[C@H](Cc1ccccc1)N(C(=O)O)[C@H]1CO[C@H]2OCC[C@H]21)C(C)(C)C. The minimum atomic E-state index is -1.19. The average molecular weight is 689 g/mol. The van der Waals surface area contributed by atoms with Gasteiger partial charge in [0.05, 0.1) is 44.2 Å². The fourth-order valence-corrected chi connectivity index (χ4v) is 6.94. The van der Waals surface area contributed by atoms with E-state index in [0.717, 1.165) is 22.4 Å². The number of aromatic nitrogens is 1. The lowest BCUT2D eigenvalue weighted by Gasteiger charge is -2.39. The van der Waals surface area contributed by atoms with E-state index in [4.69, 9.17) is 14.2 Å². The van der Waals surface area contributed by atoms with Crippen molar-refractivity contribution in [3.8, 4) is 11.3 Å². The van der Waals surface area contributed by atoms with Gasteiger partial charge in [-0.2, -0.15) is 0 Å². The Morgan fingerprint density at radius 1 is 0.960 bits per heavy atom. The van der Waals surface area contributed by atoms with Crippen LogP contribution in [0, 0.1) is 11.3 Å². The molecule has 2 fully saturated rings. The third-order valence-electron chi connectivity index (χ3n) is 9.52. The molecule has 7 atom stereocenters. The molecule has 0 saturated carbocycles. The van der Waals surface area contributed by atoms with Crippen molar-refractivity contribution in [2.75, 3.05) is 20.3 Å². The van der Waals surface area contributed by atoms with Gasteiger partial charge in [0.1, 0.15) is 6.04 Å². The van der Waals surface area contributed by atoms with Crippen molar-refractivity contribution < 1.29 is 38.8 Å². The molecule has 2 saturated heterocycles. The van der Waals surface area contributed by atoms with Crippen molar-refractivity contribution in [1.82, 2.24) is 20.5 Å². The molecule has 0 aliphatic carbocycles. The number of nitrogens with zero attached hydrogens (tertiary/aromatic N) is 2. The molecule has 0 unspecified atom stereocenters. The first-order chi connectivity index (χ1) is 23.9. The number of pyridine rings is 1. The number of hydrogen-bond donors (Lipinski definition) is 4. The van der Waals surface area contributed by atoms with Crippen LogP contribution in [0.2, 0.25) is 0 Å². The molecular formula is C38H48N4O8. The van der Waals surface area contributed by atoms with Crippen LogP contribution in [0.1, 0.15) is 44.7 Å². The van der Waals surface area contributed by atoms with Crippen molar-refractivity contribution in [3.63, 3.8) is 0 Å². The van der Waals surface area contributed by atoms with Crippen molar-refractivity contribution in [3.05, 3.63) is 90.1 Å². The second-order valence-electron chi connectivity index (χ2n) is 14.1. The Kier molecular flexibility index (Phi) is 12.1. The van der Waals surface area contributed by atoms with E-state index >= 15 is 0 Å². The summed E-state index contributed by atoms with van der Waals surface area (Å²) in [6.07, 6.45) is -0.575. The lowest BCUT2D eigenvalue weighted by atomic mass is 9.85. The average Bonchev–Trinajstić information content (AvgIpc) is 3.72. The summed E-state index contributed by atoms with van der Waals surface area (Å²) in [5.41, 5.74) is 2.83. The van der Waals surface area contributed by atoms with E-state index in [1.807, 2.05) is 93.6 Å². The normalized spacial score (nSPS) is 20.9. The molecule has 5 rings (SSSR count). The van der Waals surface area contributed by atoms with Gasteiger partial charge in [0.25, 0.3) is 0 Å². The van der Waals surface area contributed by atoms with Crippen LogP contribution in [0.5, 0.6) is 0 Å². The number of benzene rings is 2. The molecule has 1 aromatic heterocycles. The minimum Gasteiger partial charge on any atom is -0.465 e. The maximum absolute atomic E-state index is 13.9. The highest BCUT2D eigenvalue weighted by Gasteiger charge is 2.49. The Labute approximate surface area is 293 Å². The Hall–Kier alpha value is -4.52. The number of methoxy groups -OCH3 is 1. The smallest absolute Gasteiger partial charge is 0.407 e. The lowest BCUT2D eigenvalue weighted by molar-refractivity contribution is -0.126. The van der Waals surface area contributed by atoms with Crippen molar-refractivity contribution in [2.45, 2.75) is 83.0 Å². The van der Waals surface area contributed by atoms with E-state index in [1.165, 1.54) is 12.0 Å². The third-order valence-corrected chi connectivity index (χ3v) is 9.52. The third kappa shape index (κ3) is 9.17. The first kappa shape index (κ1) is 36.8. The molecule has 268 valence electrons. The number of alkyl carbamates (subject to hydrolysis) is 1. The fourth-order valence-electron chi connectivity index (χ4n) is 6.94. The number of rotatable bonds is 13. The highest BCUT2D eigenvalue weighted by Crippen LogP contribution is 2.36. The molecule has 12 nitrogen and oxygen atoms in total. The summed E-state index contributed by atoms with van der Waals surface area (Å²) in [7, 11) is 1.23. The van der Waals surface area contributed by atoms with E-state index in [-0.39, 0.29) is 25.4 Å². The number of carbonyl (C=O) groups excluding carboxylic acids is 2. The molecule has 3 amide bonds. The first-order valence-electron chi connectivity index (χ1n) is 17.1. The number of carboxylic acid groups (broad SMARTS) is 1. The van der Waals surface area contributed by atoms with Crippen LogP contribution in [-0.4, -0.2) is 95.1 Å². The Balaban J connectivity index is 1.45. The first-order valence-corrected chi connectivity index (χ1v) is 17.1. The zero-order chi connectivity index (χ0) is 35.8. The van der Waals surface area contributed by atoms with Gasteiger partial charge in [0.2, 0.25) is 5.91 Å². The molecule has 3 aromatic rings. The Morgan fingerprint density at radius 3 is 2.30 bits per heavy atom. The van der Waals surface area contributed by atoms with Gasteiger partial charge < -0.3 is 35.1 Å². The van der Waals surface area contributed by atoms with E-state index < -0.39 is 60.1 Å². The number of nitrogens with one attached hydrogen (secondary N) is 2. The van der Waals surface area contributed by atoms with Crippen LogP contribution in [0.4, 0.5) is 9.59 Å². The lowest BCUT2D eigenvalue weighted by Crippen LogP contribution is -2.58. The topological polar surface area (TPSA) is 160 Å². The molecule has 12 heteroatoms. The predicted octanol–water partition coefficient (Wildman–Crippen LogP) is 4.65. The van der Waals surface area contributed by atoms with E-state index in [9.17, 15) is 24.6 Å². The summed E-state index contributed by atoms with van der Waals surface area (Å²) >= 11 is 0. The quantitative estimate of drug-likeness (QED) is 0.201. The molecule has 0 spiro atoms. The molecule has 0 radical (unpaired) electrons. The second kappa shape index (κ2) is 16.5. The van der Waals surface area contributed by atoms with Crippen LogP contribution in [-0.2, 0) is 31.8 Å². The number of aliphatic hydroxyl groups is 1. The van der Waals surface area contributed by atoms with E-state index in [2.05, 4.69) is 15.6 Å². The highest BCUT2D eigenvalue weighted by atomic mass is 16.7. The molecule has 3 heterocycles. The fraction of sp³-hybridized carbons (Fsp3) is 0.474. The van der Waals surface area contributed by atoms with Gasteiger partial charge in [-0.1, -0.05) is 81.4 Å². The van der Waals surface area contributed by atoms with Crippen LogP contribution in [0.25, 0.3) is 11.3 Å². The number of ether oxygens (including phenoxy) is 3. The van der Waals surface area contributed by atoms with Gasteiger partial charge in [0.15, 0.2) is 6.29 Å². The molecule has 2 aromatic carbocycles. The highest BCUT2D eigenvalue weighted by molar-refractivity contribution is 5.86. The van der Waals surface area contributed by atoms with Crippen molar-refractivity contribution >= 4 is 18.1 Å². The van der Waals surface area contributed by atoms with Crippen LogP contribution < -0.4 is 10.6 Å². The van der Waals surface area contributed by atoms with Gasteiger partial charge in [-0.15, -0.1) is 0 Å². The van der Waals surface area contributed by atoms with Crippen LogP contribution in [0.3, 0.4) is 0 Å². The number of fused-ring (bicyclic) bond motifs is 1. The van der Waals surface area contributed by atoms with Gasteiger partial charge >= 0.3 is 12.2 Å². The molecule has 4 N–H and O–H groups in total. The van der Waals surface area contributed by atoms with Crippen LogP contribution in [0.15, 0.2) is 79.0 Å². The maximum atomic E-state index is 13.9. The maximum Gasteiger partial charge on any atom is 0.407 e. The number of amides is 3. The summed E-state index contributed by atoms with van der Waals surface area (Å²) in [6, 6.07) is 20.0. The zero-order valence-electron chi connectivity index (χ0n) is 29.0. The molecule has 50 heavy (non-hydrogen) atoms. The summed E-state index contributed by atoms with van der Waals surface area (Å²) in [5.74, 6) is -0.600. The summed E-state index contributed by atoms with van der Waals surface area (Å²) in [6.45, 7) is 6.13.